The number of hydrogen-bond donors (Lipinski definition) is 0. The molecule has 2 rings (SSSR count). The van der Waals surface area contributed by atoms with Crippen molar-refractivity contribution < 1.29 is 0 Å². The van der Waals surface area contributed by atoms with Gasteiger partial charge in [0, 0.05) is 22.0 Å². The summed E-state index contributed by atoms with van der Waals surface area (Å²) < 4.78 is 0. The van der Waals surface area contributed by atoms with Crippen LogP contribution in [0.3, 0.4) is 0 Å². The first-order chi connectivity index (χ1) is 11.4. The zero-order valence-electron chi connectivity index (χ0n) is 15.4. The third-order valence-electron chi connectivity index (χ3n) is 5.01. The molecule has 0 bridgehead atoms. The van der Waals surface area contributed by atoms with E-state index in [1.807, 2.05) is 0 Å². The minimum atomic E-state index is -0.0107. The number of azide groups is 1. The Morgan fingerprint density at radius 2 is 2.04 bits per heavy atom. The highest BCUT2D eigenvalue weighted by molar-refractivity contribution is 5.20. The maximum absolute atomic E-state index is 8.91. The van der Waals surface area contributed by atoms with Crippen LogP contribution in [0.25, 0.3) is 10.4 Å². The van der Waals surface area contributed by atoms with Crippen LogP contribution in [0.4, 0.5) is 0 Å². The molecular formula is C20H30N4. The number of likely N-dealkylation sites (tertiary alicyclic amines) is 1. The molecule has 0 amide bonds. The van der Waals surface area contributed by atoms with Crippen molar-refractivity contribution in [1.82, 2.24) is 4.90 Å². The molecule has 0 saturated carbocycles. The van der Waals surface area contributed by atoms with Crippen LogP contribution in [-0.4, -0.2) is 28.6 Å². The summed E-state index contributed by atoms with van der Waals surface area (Å²) >= 11 is 0. The van der Waals surface area contributed by atoms with Gasteiger partial charge in [-0.05, 0) is 71.0 Å². The van der Waals surface area contributed by atoms with E-state index in [1.54, 1.807) is 0 Å². The predicted molar refractivity (Wildman–Crippen MR) is 101 cm³/mol. The standard InChI is InChI=1S/C20H30N4/c1-5-6-13-20(15-17-10-8-7-9-11-17)16-18(22-23-21)12-14-24(20)19(2,3)4/h5-11,18H,12-16H2,1-4H3. The molecule has 2 atom stereocenters. The highest BCUT2D eigenvalue weighted by atomic mass is 15.3. The van der Waals surface area contributed by atoms with Gasteiger partial charge >= 0.3 is 0 Å². The molecule has 24 heavy (non-hydrogen) atoms. The minimum Gasteiger partial charge on any atom is -0.292 e. The Bertz CT molecular complexity index is 596. The molecular weight excluding hydrogens is 296 g/mol. The van der Waals surface area contributed by atoms with Crippen LogP contribution in [0.1, 0.15) is 52.5 Å². The van der Waals surface area contributed by atoms with E-state index in [4.69, 9.17) is 5.53 Å². The molecule has 1 fully saturated rings. The predicted octanol–water partition coefficient (Wildman–Crippen LogP) is 5.51. The van der Waals surface area contributed by atoms with Crippen LogP contribution in [0, 0.1) is 0 Å². The summed E-state index contributed by atoms with van der Waals surface area (Å²) in [5.41, 5.74) is 10.3. The third-order valence-corrected chi connectivity index (χ3v) is 5.01. The van der Waals surface area contributed by atoms with Gasteiger partial charge in [0.2, 0.25) is 0 Å². The van der Waals surface area contributed by atoms with Crippen molar-refractivity contribution in [1.29, 1.82) is 0 Å². The average molecular weight is 326 g/mol. The molecule has 1 aromatic rings. The van der Waals surface area contributed by atoms with Gasteiger partial charge in [0.1, 0.15) is 0 Å². The zero-order valence-corrected chi connectivity index (χ0v) is 15.4. The lowest BCUT2D eigenvalue weighted by molar-refractivity contribution is -0.0301. The Morgan fingerprint density at radius 1 is 1.33 bits per heavy atom. The summed E-state index contributed by atoms with van der Waals surface area (Å²) in [5.74, 6) is 0. The Morgan fingerprint density at radius 3 is 2.62 bits per heavy atom. The van der Waals surface area contributed by atoms with Crippen LogP contribution >= 0.6 is 0 Å². The number of piperidine rings is 1. The SMILES string of the molecule is CC=CCC1(Cc2ccccc2)CC(N=[N+]=[N-])CCN1C(C)(C)C. The molecule has 1 saturated heterocycles. The van der Waals surface area contributed by atoms with Gasteiger partial charge in [-0.1, -0.05) is 47.6 Å². The molecule has 130 valence electrons. The Balaban J connectivity index is 2.43. The van der Waals surface area contributed by atoms with E-state index < -0.39 is 0 Å². The molecule has 4 nitrogen and oxygen atoms in total. The first kappa shape index (κ1) is 18.6. The molecule has 0 aromatic heterocycles. The Hall–Kier alpha value is -1.77. The molecule has 0 spiro atoms. The largest absolute Gasteiger partial charge is 0.292 e. The minimum absolute atomic E-state index is 0.0107. The lowest BCUT2D eigenvalue weighted by atomic mass is 9.74. The second-order valence-corrected chi connectivity index (χ2v) is 7.83. The van der Waals surface area contributed by atoms with Gasteiger partial charge in [0.25, 0.3) is 0 Å². The van der Waals surface area contributed by atoms with Crippen molar-refractivity contribution in [2.45, 2.75) is 70.5 Å². The molecule has 1 heterocycles. The van der Waals surface area contributed by atoms with Crippen molar-refractivity contribution in [2.75, 3.05) is 6.54 Å². The van der Waals surface area contributed by atoms with Crippen LogP contribution in [0.2, 0.25) is 0 Å². The summed E-state index contributed by atoms with van der Waals surface area (Å²) in [5, 5.41) is 4.07. The van der Waals surface area contributed by atoms with Crippen molar-refractivity contribution in [2.24, 2.45) is 5.11 Å². The molecule has 2 unspecified atom stereocenters. The molecule has 1 aromatic carbocycles. The van der Waals surface area contributed by atoms with E-state index in [0.29, 0.717) is 0 Å². The van der Waals surface area contributed by atoms with E-state index >= 15 is 0 Å². The van der Waals surface area contributed by atoms with E-state index in [-0.39, 0.29) is 17.1 Å². The highest BCUT2D eigenvalue weighted by Gasteiger charge is 2.45. The van der Waals surface area contributed by atoms with Gasteiger partial charge in [-0.15, -0.1) is 0 Å². The molecule has 1 aliphatic heterocycles. The van der Waals surface area contributed by atoms with Crippen LogP contribution in [0.15, 0.2) is 47.6 Å². The van der Waals surface area contributed by atoms with Crippen molar-refractivity contribution >= 4 is 0 Å². The van der Waals surface area contributed by atoms with E-state index in [2.05, 4.69) is 85.1 Å². The maximum atomic E-state index is 8.91. The normalized spacial score (nSPS) is 25.6. The fourth-order valence-corrected chi connectivity index (χ4v) is 4.13. The quantitative estimate of drug-likeness (QED) is 0.305. The van der Waals surface area contributed by atoms with Crippen molar-refractivity contribution in [3.63, 3.8) is 0 Å². The third kappa shape index (κ3) is 4.40. The topological polar surface area (TPSA) is 52.0 Å². The van der Waals surface area contributed by atoms with Gasteiger partial charge < -0.3 is 0 Å². The van der Waals surface area contributed by atoms with Crippen molar-refractivity contribution in [3.05, 3.63) is 58.5 Å². The number of rotatable bonds is 5. The van der Waals surface area contributed by atoms with Gasteiger partial charge in [-0.25, -0.2) is 0 Å². The Labute approximate surface area is 146 Å². The monoisotopic (exact) mass is 326 g/mol. The zero-order chi connectivity index (χ0) is 17.6. The van der Waals surface area contributed by atoms with Gasteiger partial charge in [0.05, 0.1) is 0 Å². The summed E-state index contributed by atoms with van der Waals surface area (Å²) in [4.78, 5) is 5.72. The van der Waals surface area contributed by atoms with E-state index in [0.717, 1.165) is 32.2 Å². The Kier molecular flexibility index (Phi) is 6.09. The molecule has 4 heteroatoms. The lowest BCUT2D eigenvalue weighted by Gasteiger charge is -2.55. The molecule has 0 radical (unpaired) electrons. The smallest absolute Gasteiger partial charge is 0.0404 e. The molecule has 0 N–H and O–H groups in total. The maximum Gasteiger partial charge on any atom is 0.0404 e. The van der Waals surface area contributed by atoms with Crippen molar-refractivity contribution in [3.8, 4) is 0 Å². The van der Waals surface area contributed by atoms with Crippen LogP contribution in [0.5, 0.6) is 0 Å². The fraction of sp³-hybridized carbons (Fsp3) is 0.600. The fourth-order valence-electron chi connectivity index (χ4n) is 4.13. The highest BCUT2D eigenvalue weighted by Crippen LogP contribution is 2.40. The number of benzene rings is 1. The second kappa shape index (κ2) is 7.87. The van der Waals surface area contributed by atoms with E-state index in [1.165, 1.54) is 5.56 Å². The average Bonchev–Trinajstić information content (AvgIpc) is 2.53. The summed E-state index contributed by atoms with van der Waals surface area (Å²) in [7, 11) is 0. The lowest BCUT2D eigenvalue weighted by Crippen LogP contribution is -2.62. The van der Waals surface area contributed by atoms with Crippen LogP contribution in [-0.2, 0) is 6.42 Å². The van der Waals surface area contributed by atoms with Gasteiger partial charge in [-0.3, -0.25) is 4.90 Å². The van der Waals surface area contributed by atoms with Gasteiger partial charge in [0.15, 0.2) is 0 Å². The summed E-state index contributed by atoms with van der Waals surface area (Å²) in [6, 6.07) is 10.8. The summed E-state index contributed by atoms with van der Waals surface area (Å²) in [6.45, 7) is 9.91. The first-order valence-corrected chi connectivity index (χ1v) is 8.88. The number of hydrogen-bond acceptors (Lipinski definition) is 2. The first-order valence-electron chi connectivity index (χ1n) is 8.88. The number of nitrogens with zero attached hydrogens (tertiary/aromatic N) is 4. The molecule has 1 aliphatic rings. The number of allylic oxidation sites excluding steroid dienone is 1. The second-order valence-electron chi connectivity index (χ2n) is 7.83. The molecule has 0 aliphatic carbocycles. The van der Waals surface area contributed by atoms with Gasteiger partial charge in [-0.2, -0.15) is 0 Å². The van der Waals surface area contributed by atoms with E-state index in [9.17, 15) is 0 Å². The van der Waals surface area contributed by atoms with Crippen LogP contribution < -0.4 is 0 Å². The summed E-state index contributed by atoms with van der Waals surface area (Å²) in [6.07, 6.45) is 8.20.